The molecule has 1 saturated heterocycles. The van der Waals surface area contributed by atoms with Gasteiger partial charge in [-0.3, -0.25) is 9.59 Å². The van der Waals surface area contributed by atoms with Gasteiger partial charge in [-0.2, -0.15) is 0 Å². The quantitative estimate of drug-likeness (QED) is 0.762. The maximum absolute atomic E-state index is 13.0. The summed E-state index contributed by atoms with van der Waals surface area (Å²) in [5.41, 5.74) is 1.72. The van der Waals surface area contributed by atoms with Gasteiger partial charge in [0.25, 0.3) is 11.8 Å². The summed E-state index contributed by atoms with van der Waals surface area (Å²) in [7, 11) is 0. The van der Waals surface area contributed by atoms with Crippen molar-refractivity contribution in [3.05, 3.63) is 47.0 Å². The first kappa shape index (κ1) is 17.3. The zero-order valence-electron chi connectivity index (χ0n) is 15.1. The van der Waals surface area contributed by atoms with Gasteiger partial charge < -0.3 is 23.9 Å². The lowest BCUT2D eigenvalue weighted by molar-refractivity contribution is 0.0285. The van der Waals surface area contributed by atoms with Crippen LogP contribution in [0.1, 0.15) is 32.4 Å². The number of nitrogens with one attached hydrogen (secondary N) is 1. The Balaban J connectivity index is 1.74. The summed E-state index contributed by atoms with van der Waals surface area (Å²) in [4.78, 5) is 27.5. The van der Waals surface area contributed by atoms with E-state index in [1.165, 1.54) is 0 Å². The fourth-order valence-corrected chi connectivity index (χ4v) is 3.21. The van der Waals surface area contributed by atoms with Crippen LogP contribution >= 0.6 is 0 Å². The number of para-hydroxylation sites is 1. The van der Waals surface area contributed by atoms with Gasteiger partial charge in [0, 0.05) is 18.5 Å². The summed E-state index contributed by atoms with van der Waals surface area (Å²) in [6.45, 7) is 5.28. The minimum Gasteiger partial charge on any atom is -0.449 e. The van der Waals surface area contributed by atoms with Crippen LogP contribution in [0.3, 0.4) is 0 Å². The van der Waals surface area contributed by atoms with Crippen molar-refractivity contribution in [3.63, 3.8) is 0 Å². The summed E-state index contributed by atoms with van der Waals surface area (Å²) in [6.07, 6.45) is 0. The van der Waals surface area contributed by atoms with E-state index < -0.39 is 5.91 Å². The zero-order chi connectivity index (χ0) is 19.0. The highest BCUT2D eigenvalue weighted by Gasteiger charge is 2.28. The lowest BCUT2D eigenvalue weighted by atomic mass is 10.1. The molecule has 0 atom stereocenters. The molecular weight excluding hydrogens is 350 g/mol. The van der Waals surface area contributed by atoms with E-state index in [0.717, 1.165) is 0 Å². The zero-order valence-corrected chi connectivity index (χ0v) is 15.1. The van der Waals surface area contributed by atoms with Gasteiger partial charge in [0.15, 0.2) is 0 Å². The Morgan fingerprint density at radius 1 is 1.15 bits per heavy atom. The molecule has 2 aromatic heterocycles. The summed E-state index contributed by atoms with van der Waals surface area (Å²) >= 11 is 0. The third-order valence-electron chi connectivity index (χ3n) is 4.59. The first-order valence-corrected chi connectivity index (χ1v) is 8.69. The number of morpholine rings is 1. The van der Waals surface area contributed by atoms with E-state index in [1.54, 1.807) is 30.9 Å². The standard InChI is InChI=1S/C19H19N3O5/c1-11-15(12(2)27-21-11)18(23)20-16-13-5-3-4-6-14(13)26-17(16)19(24)22-7-9-25-10-8-22/h3-6H,7-10H2,1-2H3,(H,20,23). The number of amides is 2. The summed E-state index contributed by atoms with van der Waals surface area (Å²) < 4.78 is 16.2. The number of aromatic nitrogens is 1. The van der Waals surface area contributed by atoms with Crippen LogP contribution in [0, 0.1) is 13.8 Å². The van der Waals surface area contributed by atoms with Gasteiger partial charge in [0.2, 0.25) is 5.76 Å². The normalized spacial score (nSPS) is 14.5. The topological polar surface area (TPSA) is 97.8 Å². The Hall–Kier alpha value is -3.13. The Labute approximate surface area is 155 Å². The summed E-state index contributed by atoms with van der Waals surface area (Å²) in [6, 6.07) is 7.20. The van der Waals surface area contributed by atoms with Gasteiger partial charge in [0.05, 0.1) is 18.9 Å². The van der Waals surface area contributed by atoms with Gasteiger partial charge in [-0.1, -0.05) is 17.3 Å². The molecule has 0 bridgehead atoms. The molecule has 4 rings (SSSR count). The predicted molar refractivity (Wildman–Crippen MR) is 96.9 cm³/mol. The average Bonchev–Trinajstić information content (AvgIpc) is 3.22. The number of carbonyl (C=O) groups is 2. The molecule has 0 aliphatic carbocycles. The number of furan rings is 1. The highest BCUT2D eigenvalue weighted by Crippen LogP contribution is 2.32. The molecule has 1 N–H and O–H groups in total. The maximum atomic E-state index is 13.0. The summed E-state index contributed by atoms with van der Waals surface area (Å²) in [5.74, 6) is -0.144. The minimum absolute atomic E-state index is 0.109. The first-order chi connectivity index (χ1) is 13.1. The first-order valence-electron chi connectivity index (χ1n) is 8.69. The number of aryl methyl sites for hydroxylation is 2. The molecule has 8 heteroatoms. The molecule has 0 spiro atoms. The predicted octanol–water partition coefficient (Wildman–Crippen LogP) is 2.76. The largest absolute Gasteiger partial charge is 0.449 e. The lowest BCUT2D eigenvalue weighted by Crippen LogP contribution is -2.40. The van der Waals surface area contributed by atoms with Crippen molar-refractivity contribution in [2.45, 2.75) is 13.8 Å². The molecule has 3 aromatic rings. The second kappa shape index (κ2) is 6.88. The maximum Gasteiger partial charge on any atom is 0.291 e. The van der Waals surface area contributed by atoms with Gasteiger partial charge in [-0.05, 0) is 26.0 Å². The molecule has 3 heterocycles. The van der Waals surface area contributed by atoms with Gasteiger partial charge in [-0.15, -0.1) is 0 Å². The van der Waals surface area contributed by atoms with E-state index in [2.05, 4.69) is 10.5 Å². The van der Waals surface area contributed by atoms with Crippen molar-refractivity contribution >= 4 is 28.5 Å². The van der Waals surface area contributed by atoms with Crippen LogP contribution in [0.4, 0.5) is 5.69 Å². The molecule has 27 heavy (non-hydrogen) atoms. The van der Waals surface area contributed by atoms with E-state index in [4.69, 9.17) is 13.7 Å². The SMILES string of the molecule is Cc1noc(C)c1C(=O)Nc1c(C(=O)N2CCOCC2)oc2ccccc12. The number of benzene rings is 1. The Morgan fingerprint density at radius 2 is 1.89 bits per heavy atom. The van der Waals surface area contributed by atoms with E-state index in [1.807, 2.05) is 12.1 Å². The van der Waals surface area contributed by atoms with Crippen molar-refractivity contribution in [1.29, 1.82) is 0 Å². The summed E-state index contributed by atoms with van der Waals surface area (Å²) in [5, 5.41) is 7.30. The Bertz CT molecular complexity index is 994. The molecule has 0 unspecified atom stereocenters. The van der Waals surface area contributed by atoms with Crippen molar-refractivity contribution in [2.24, 2.45) is 0 Å². The monoisotopic (exact) mass is 369 g/mol. The van der Waals surface area contributed by atoms with Gasteiger partial charge in [-0.25, -0.2) is 0 Å². The van der Waals surface area contributed by atoms with Crippen molar-refractivity contribution in [3.8, 4) is 0 Å². The highest BCUT2D eigenvalue weighted by atomic mass is 16.5. The molecule has 1 fully saturated rings. The Kier molecular flexibility index (Phi) is 4.41. The van der Waals surface area contributed by atoms with Gasteiger partial charge in [0.1, 0.15) is 22.6 Å². The van der Waals surface area contributed by atoms with E-state index in [9.17, 15) is 9.59 Å². The van der Waals surface area contributed by atoms with E-state index in [-0.39, 0.29) is 11.7 Å². The number of hydrogen-bond acceptors (Lipinski definition) is 6. The van der Waals surface area contributed by atoms with Crippen molar-refractivity contribution in [1.82, 2.24) is 10.1 Å². The van der Waals surface area contributed by atoms with Crippen LogP contribution in [-0.4, -0.2) is 48.2 Å². The molecule has 8 nitrogen and oxygen atoms in total. The number of fused-ring (bicyclic) bond motifs is 1. The average molecular weight is 369 g/mol. The van der Waals surface area contributed by atoms with Crippen LogP contribution in [-0.2, 0) is 4.74 Å². The third-order valence-corrected chi connectivity index (χ3v) is 4.59. The second-order valence-corrected chi connectivity index (χ2v) is 6.36. The van der Waals surface area contributed by atoms with Crippen molar-refractivity contribution in [2.75, 3.05) is 31.6 Å². The number of ether oxygens (including phenoxy) is 1. The number of nitrogens with zero attached hydrogens (tertiary/aromatic N) is 2. The van der Waals surface area contributed by atoms with E-state index in [0.29, 0.717) is 60.0 Å². The fraction of sp³-hybridized carbons (Fsp3) is 0.316. The smallest absolute Gasteiger partial charge is 0.291 e. The molecule has 1 aliphatic heterocycles. The number of hydrogen-bond donors (Lipinski definition) is 1. The third kappa shape index (κ3) is 3.08. The second-order valence-electron chi connectivity index (χ2n) is 6.36. The van der Waals surface area contributed by atoms with Crippen LogP contribution < -0.4 is 5.32 Å². The molecule has 1 aromatic carbocycles. The highest BCUT2D eigenvalue weighted by molar-refractivity contribution is 6.14. The van der Waals surface area contributed by atoms with Crippen molar-refractivity contribution < 1.29 is 23.3 Å². The van der Waals surface area contributed by atoms with Crippen LogP contribution in [0.2, 0.25) is 0 Å². The molecule has 2 amide bonds. The lowest BCUT2D eigenvalue weighted by Gasteiger charge is -2.26. The van der Waals surface area contributed by atoms with Crippen LogP contribution in [0.15, 0.2) is 33.2 Å². The number of rotatable bonds is 3. The molecule has 0 saturated carbocycles. The number of anilines is 1. The molecule has 0 radical (unpaired) electrons. The Morgan fingerprint density at radius 3 is 2.59 bits per heavy atom. The molecular formula is C19H19N3O5. The number of carbonyl (C=O) groups excluding carboxylic acids is 2. The van der Waals surface area contributed by atoms with Crippen LogP contribution in [0.5, 0.6) is 0 Å². The fourth-order valence-electron chi connectivity index (χ4n) is 3.21. The minimum atomic E-state index is -0.395. The van der Waals surface area contributed by atoms with E-state index >= 15 is 0 Å². The van der Waals surface area contributed by atoms with Gasteiger partial charge >= 0.3 is 0 Å². The molecule has 1 aliphatic rings. The van der Waals surface area contributed by atoms with Crippen LogP contribution in [0.25, 0.3) is 11.0 Å². The molecule has 140 valence electrons.